The highest BCUT2D eigenvalue weighted by Crippen LogP contribution is 2.27. The van der Waals surface area contributed by atoms with Gasteiger partial charge in [-0.15, -0.1) is 0 Å². The van der Waals surface area contributed by atoms with Crippen molar-refractivity contribution in [3.63, 3.8) is 0 Å². The van der Waals surface area contributed by atoms with E-state index in [1.807, 2.05) is 6.07 Å². The second-order valence-electron chi connectivity index (χ2n) is 2.82. The molecule has 0 saturated carbocycles. The lowest BCUT2D eigenvalue weighted by Gasteiger charge is -2.09. The smallest absolute Gasteiger partial charge is 0.266 e. The van der Waals surface area contributed by atoms with Crippen LogP contribution in [0.15, 0.2) is 6.07 Å². The third-order valence-electron chi connectivity index (χ3n) is 1.85. The summed E-state index contributed by atoms with van der Waals surface area (Å²) in [6.45, 7) is 0.179. The predicted octanol–water partition coefficient (Wildman–Crippen LogP) is 2.15. The molecule has 0 amide bonds. The number of hydrogen-bond donors (Lipinski definition) is 1. The predicted molar refractivity (Wildman–Crippen MR) is 59.1 cm³/mol. The summed E-state index contributed by atoms with van der Waals surface area (Å²) >= 11 is 1.73. The van der Waals surface area contributed by atoms with Crippen LogP contribution in [-0.2, 0) is 13.0 Å². The molecule has 0 bridgehead atoms. The van der Waals surface area contributed by atoms with Crippen LogP contribution in [0.1, 0.15) is 23.2 Å². The van der Waals surface area contributed by atoms with Gasteiger partial charge in [-0.05, 0) is 34.2 Å². The maximum Gasteiger partial charge on any atom is 0.266 e. The Morgan fingerprint density at radius 1 is 1.60 bits per heavy atom. The molecule has 1 aromatic heterocycles. The number of hydrogen-bond acceptors (Lipinski definition) is 3. The average molecular weight is 323 g/mol. The monoisotopic (exact) mass is 323 g/mol. The van der Waals surface area contributed by atoms with E-state index in [-0.39, 0.29) is 22.2 Å². The topological polar surface area (TPSA) is 62.7 Å². The zero-order valence-corrected chi connectivity index (χ0v) is 9.83. The lowest BCUT2D eigenvalue weighted by atomic mass is 10.1. The highest BCUT2D eigenvalue weighted by atomic mass is 127. The van der Waals surface area contributed by atoms with Gasteiger partial charge < -0.3 is 5.73 Å². The molecule has 3 nitrogen and oxygen atoms in total. The molecule has 0 atom stereocenters. The number of alkyl halides is 2. The van der Waals surface area contributed by atoms with Crippen molar-refractivity contribution in [1.29, 1.82) is 5.26 Å². The number of nitrogens with zero attached hydrogens (tertiary/aromatic N) is 2. The van der Waals surface area contributed by atoms with E-state index in [0.717, 1.165) is 0 Å². The minimum atomic E-state index is -2.61. The molecule has 1 heterocycles. The SMILES string of the molecule is N#CCc1cc(CN)nc(I)c1C(F)F. The molecule has 2 N–H and O–H groups in total. The molecule has 80 valence electrons. The maximum atomic E-state index is 12.7. The van der Waals surface area contributed by atoms with Gasteiger partial charge in [0.2, 0.25) is 0 Å². The van der Waals surface area contributed by atoms with Crippen molar-refractivity contribution in [3.8, 4) is 6.07 Å². The van der Waals surface area contributed by atoms with Gasteiger partial charge in [0.15, 0.2) is 0 Å². The summed E-state index contributed by atoms with van der Waals surface area (Å²) in [5.41, 5.74) is 6.05. The summed E-state index contributed by atoms with van der Waals surface area (Å²) in [7, 11) is 0. The van der Waals surface area contributed by atoms with Crippen molar-refractivity contribution in [2.24, 2.45) is 5.73 Å². The molecule has 0 fully saturated rings. The third-order valence-corrected chi connectivity index (χ3v) is 2.67. The minimum absolute atomic E-state index is 0.0504. The van der Waals surface area contributed by atoms with Gasteiger partial charge in [-0.1, -0.05) is 0 Å². The molecular formula is C9H8F2IN3. The fourth-order valence-electron chi connectivity index (χ4n) is 1.20. The average Bonchev–Trinajstić information content (AvgIpc) is 2.16. The number of aromatic nitrogens is 1. The van der Waals surface area contributed by atoms with E-state index in [4.69, 9.17) is 11.0 Å². The first-order valence-electron chi connectivity index (χ1n) is 4.13. The van der Waals surface area contributed by atoms with Crippen LogP contribution in [0.2, 0.25) is 0 Å². The lowest BCUT2D eigenvalue weighted by molar-refractivity contribution is 0.149. The molecular weight excluding hydrogens is 315 g/mol. The maximum absolute atomic E-state index is 12.7. The van der Waals surface area contributed by atoms with E-state index in [9.17, 15) is 8.78 Å². The highest BCUT2D eigenvalue weighted by Gasteiger charge is 2.18. The second kappa shape index (κ2) is 5.32. The first-order valence-corrected chi connectivity index (χ1v) is 5.21. The Balaban J connectivity index is 3.30. The zero-order valence-electron chi connectivity index (χ0n) is 7.67. The van der Waals surface area contributed by atoms with Crippen LogP contribution in [0.3, 0.4) is 0 Å². The Bertz CT molecular complexity index is 401. The summed E-state index contributed by atoms with van der Waals surface area (Å²) in [5, 5.41) is 8.53. The fourth-order valence-corrected chi connectivity index (χ4v) is 2.09. The number of halogens is 3. The molecule has 0 radical (unpaired) electrons. The van der Waals surface area contributed by atoms with E-state index in [1.54, 1.807) is 22.6 Å². The van der Waals surface area contributed by atoms with E-state index < -0.39 is 6.43 Å². The standard InChI is InChI=1S/C9H8F2IN3/c10-8(11)7-5(1-2-13)3-6(4-14)15-9(7)12/h3,8H,1,4,14H2. The molecule has 15 heavy (non-hydrogen) atoms. The lowest BCUT2D eigenvalue weighted by Crippen LogP contribution is -2.07. The van der Waals surface area contributed by atoms with Gasteiger partial charge in [0.25, 0.3) is 6.43 Å². The first kappa shape index (κ1) is 12.3. The van der Waals surface area contributed by atoms with Crippen molar-refractivity contribution in [2.45, 2.75) is 19.4 Å². The van der Waals surface area contributed by atoms with Crippen LogP contribution in [-0.4, -0.2) is 4.98 Å². The first-order chi connectivity index (χ1) is 7.10. The van der Waals surface area contributed by atoms with E-state index in [2.05, 4.69) is 4.98 Å². The molecule has 6 heteroatoms. The Labute approximate surface area is 99.4 Å². The molecule has 0 saturated heterocycles. The molecule has 1 rings (SSSR count). The molecule has 0 unspecified atom stereocenters. The summed E-state index contributed by atoms with van der Waals surface area (Å²) in [6, 6.07) is 3.32. The summed E-state index contributed by atoms with van der Waals surface area (Å²) in [4.78, 5) is 3.93. The second-order valence-corrected chi connectivity index (χ2v) is 3.84. The third kappa shape index (κ3) is 2.82. The van der Waals surface area contributed by atoms with E-state index >= 15 is 0 Å². The van der Waals surface area contributed by atoms with Crippen LogP contribution in [0.5, 0.6) is 0 Å². The largest absolute Gasteiger partial charge is 0.325 e. The Hall–Kier alpha value is -0.810. The van der Waals surface area contributed by atoms with Gasteiger partial charge in [-0.3, -0.25) is 0 Å². The van der Waals surface area contributed by atoms with E-state index in [1.165, 1.54) is 6.07 Å². The Morgan fingerprint density at radius 3 is 2.73 bits per heavy atom. The summed E-state index contributed by atoms with van der Waals surface area (Å²) in [5.74, 6) is 0. The van der Waals surface area contributed by atoms with Gasteiger partial charge in [0.1, 0.15) is 3.70 Å². The van der Waals surface area contributed by atoms with Gasteiger partial charge in [-0.2, -0.15) is 5.26 Å². The van der Waals surface area contributed by atoms with Gasteiger partial charge in [0.05, 0.1) is 23.7 Å². The number of nitriles is 1. The molecule has 0 aromatic carbocycles. The highest BCUT2D eigenvalue weighted by molar-refractivity contribution is 14.1. The van der Waals surface area contributed by atoms with Gasteiger partial charge in [-0.25, -0.2) is 13.8 Å². The van der Waals surface area contributed by atoms with Crippen LogP contribution in [0, 0.1) is 15.0 Å². The fraction of sp³-hybridized carbons (Fsp3) is 0.333. The van der Waals surface area contributed by atoms with E-state index in [0.29, 0.717) is 11.3 Å². The van der Waals surface area contributed by atoms with Crippen molar-refractivity contribution >= 4 is 22.6 Å². The van der Waals surface area contributed by atoms with Gasteiger partial charge in [0, 0.05) is 6.54 Å². The van der Waals surface area contributed by atoms with Crippen molar-refractivity contribution in [3.05, 3.63) is 26.6 Å². The zero-order chi connectivity index (χ0) is 11.4. The van der Waals surface area contributed by atoms with Crippen LogP contribution in [0.25, 0.3) is 0 Å². The molecule has 1 aromatic rings. The Kier molecular flexibility index (Phi) is 4.35. The van der Waals surface area contributed by atoms with Crippen molar-refractivity contribution in [1.82, 2.24) is 4.98 Å². The number of pyridine rings is 1. The normalized spacial score (nSPS) is 10.4. The summed E-state index contributed by atoms with van der Waals surface area (Å²) in [6.07, 6.45) is -2.66. The quantitative estimate of drug-likeness (QED) is 0.685. The van der Waals surface area contributed by atoms with Crippen LogP contribution in [0.4, 0.5) is 8.78 Å². The molecule has 0 aliphatic rings. The number of rotatable bonds is 3. The van der Waals surface area contributed by atoms with Crippen LogP contribution >= 0.6 is 22.6 Å². The molecule has 0 aliphatic carbocycles. The summed E-state index contributed by atoms with van der Waals surface area (Å²) < 4.78 is 25.5. The van der Waals surface area contributed by atoms with Crippen molar-refractivity contribution < 1.29 is 8.78 Å². The van der Waals surface area contributed by atoms with Crippen molar-refractivity contribution in [2.75, 3.05) is 0 Å². The molecule has 0 spiro atoms. The minimum Gasteiger partial charge on any atom is -0.325 e. The number of nitrogens with two attached hydrogens (primary N) is 1. The Morgan fingerprint density at radius 2 is 2.27 bits per heavy atom. The van der Waals surface area contributed by atoms with Gasteiger partial charge >= 0.3 is 0 Å². The molecule has 0 aliphatic heterocycles. The van der Waals surface area contributed by atoms with Crippen LogP contribution < -0.4 is 5.73 Å².